The van der Waals surface area contributed by atoms with Crippen LogP contribution in [0.1, 0.15) is 17.0 Å². The molecule has 0 amide bonds. The Kier molecular flexibility index (Phi) is 3.09. The summed E-state index contributed by atoms with van der Waals surface area (Å²) in [5.41, 5.74) is 10.5. The Hall–Kier alpha value is -2.07. The largest absolute Gasteiger partial charge is 0.361 e. The van der Waals surface area contributed by atoms with E-state index in [1.165, 1.54) is 22.2 Å². The second kappa shape index (κ2) is 4.90. The van der Waals surface area contributed by atoms with Crippen molar-refractivity contribution >= 4 is 10.9 Å². The van der Waals surface area contributed by atoms with Crippen LogP contribution < -0.4 is 5.73 Å². The first-order chi connectivity index (χ1) is 9.29. The molecule has 4 heteroatoms. The van der Waals surface area contributed by atoms with Gasteiger partial charge in [-0.1, -0.05) is 18.2 Å². The highest BCUT2D eigenvalue weighted by atomic mass is 15.0. The lowest BCUT2D eigenvalue weighted by Crippen LogP contribution is -2.05. The van der Waals surface area contributed by atoms with Crippen molar-refractivity contribution in [1.29, 1.82) is 0 Å². The Morgan fingerprint density at radius 1 is 1.26 bits per heavy atom. The van der Waals surface area contributed by atoms with Gasteiger partial charge in [0.05, 0.1) is 12.0 Å². The summed E-state index contributed by atoms with van der Waals surface area (Å²) < 4.78 is 2.07. The van der Waals surface area contributed by atoms with Gasteiger partial charge in [0.2, 0.25) is 0 Å². The predicted molar refractivity (Wildman–Crippen MR) is 76.8 cm³/mol. The molecule has 0 unspecified atom stereocenters. The van der Waals surface area contributed by atoms with E-state index in [1.807, 2.05) is 13.4 Å². The highest BCUT2D eigenvalue weighted by Crippen LogP contribution is 2.20. The number of nitrogens with one attached hydrogen (secondary N) is 1. The van der Waals surface area contributed by atoms with Crippen LogP contribution in [0, 0.1) is 0 Å². The zero-order valence-corrected chi connectivity index (χ0v) is 11.1. The van der Waals surface area contributed by atoms with E-state index >= 15 is 0 Å². The number of hydrogen-bond donors (Lipinski definition) is 2. The number of para-hydroxylation sites is 1. The highest BCUT2D eigenvalue weighted by molar-refractivity contribution is 5.83. The number of aromatic amines is 1. The molecule has 0 aliphatic rings. The molecule has 98 valence electrons. The molecule has 0 saturated heterocycles. The van der Waals surface area contributed by atoms with Crippen molar-refractivity contribution in [3.63, 3.8) is 0 Å². The second-order valence-corrected chi connectivity index (χ2v) is 4.81. The van der Waals surface area contributed by atoms with Crippen LogP contribution >= 0.6 is 0 Å². The summed E-state index contributed by atoms with van der Waals surface area (Å²) in [7, 11) is 2.02. The van der Waals surface area contributed by atoms with Crippen LogP contribution in [0.3, 0.4) is 0 Å². The number of nitrogens with two attached hydrogens (primary N) is 1. The van der Waals surface area contributed by atoms with Crippen molar-refractivity contribution in [3.8, 4) is 0 Å². The molecule has 0 aliphatic heterocycles. The van der Waals surface area contributed by atoms with Crippen molar-refractivity contribution in [2.24, 2.45) is 12.8 Å². The average Bonchev–Trinajstić information content (AvgIpc) is 3.00. The zero-order valence-electron chi connectivity index (χ0n) is 11.1. The van der Waals surface area contributed by atoms with Crippen LogP contribution in [-0.2, 0) is 26.4 Å². The summed E-state index contributed by atoms with van der Waals surface area (Å²) in [5, 5.41) is 1.30. The number of benzene rings is 1. The molecule has 2 heterocycles. The summed E-state index contributed by atoms with van der Waals surface area (Å²) in [4.78, 5) is 7.64. The molecule has 0 saturated carbocycles. The SMILES string of the molecule is Cn1cnc(CN)c1CCc1c[nH]c2ccccc12. The van der Waals surface area contributed by atoms with Gasteiger partial charge in [-0.05, 0) is 24.5 Å². The summed E-state index contributed by atoms with van der Waals surface area (Å²) in [6.07, 6.45) is 5.90. The number of nitrogens with zero attached hydrogens (tertiary/aromatic N) is 2. The van der Waals surface area contributed by atoms with Crippen molar-refractivity contribution < 1.29 is 0 Å². The first kappa shape index (κ1) is 12.0. The van der Waals surface area contributed by atoms with E-state index in [-0.39, 0.29) is 0 Å². The fourth-order valence-electron chi connectivity index (χ4n) is 2.59. The maximum absolute atomic E-state index is 5.72. The fraction of sp³-hybridized carbons (Fsp3) is 0.267. The Morgan fingerprint density at radius 2 is 2.11 bits per heavy atom. The summed E-state index contributed by atoms with van der Waals surface area (Å²) in [5.74, 6) is 0. The van der Waals surface area contributed by atoms with Crippen LogP contribution in [-0.4, -0.2) is 14.5 Å². The summed E-state index contributed by atoms with van der Waals surface area (Å²) in [6.45, 7) is 0.504. The van der Waals surface area contributed by atoms with Gasteiger partial charge in [-0.15, -0.1) is 0 Å². The van der Waals surface area contributed by atoms with Crippen molar-refractivity contribution in [2.45, 2.75) is 19.4 Å². The van der Waals surface area contributed by atoms with Crippen molar-refractivity contribution in [3.05, 3.63) is 53.7 Å². The number of H-pyrrole nitrogens is 1. The molecule has 0 bridgehead atoms. The lowest BCUT2D eigenvalue weighted by Gasteiger charge is -2.04. The van der Waals surface area contributed by atoms with Crippen molar-refractivity contribution in [1.82, 2.24) is 14.5 Å². The third kappa shape index (κ3) is 2.15. The Balaban J connectivity index is 1.84. The van der Waals surface area contributed by atoms with Gasteiger partial charge in [-0.2, -0.15) is 0 Å². The first-order valence-electron chi connectivity index (χ1n) is 6.53. The van der Waals surface area contributed by atoms with Gasteiger partial charge in [0.1, 0.15) is 0 Å². The normalized spacial score (nSPS) is 11.3. The lowest BCUT2D eigenvalue weighted by atomic mass is 10.1. The minimum Gasteiger partial charge on any atom is -0.361 e. The highest BCUT2D eigenvalue weighted by Gasteiger charge is 2.09. The maximum atomic E-state index is 5.72. The number of aryl methyl sites for hydroxylation is 2. The third-order valence-corrected chi connectivity index (χ3v) is 3.65. The fourth-order valence-corrected chi connectivity index (χ4v) is 2.59. The molecule has 3 aromatic rings. The standard InChI is InChI=1S/C15H18N4/c1-19-10-18-14(8-16)15(19)7-6-11-9-17-13-5-3-2-4-12(11)13/h2-5,9-10,17H,6-8,16H2,1H3. The van der Waals surface area contributed by atoms with Gasteiger partial charge in [0, 0.05) is 36.4 Å². The van der Waals surface area contributed by atoms with Crippen LogP contribution in [0.25, 0.3) is 10.9 Å². The summed E-state index contributed by atoms with van der Waals surface area (Å²) in [6, 6.07) is 8.40. The van der Waals surface area contributed by atoms with E-state index in [9.17, 15) is 0 Å². The molecule has 0 fully saturated rings. The predicted octanol–water partition coefficient (Wildman–Crippen LogP) is 2.15. The molecule has 0 radical (unpaired) electrons. The maximum Gasteiger partial charge on any atom is 0.0949 e. The minimum absolute atomic E-state index is 0.504. The number of aromatic nitrogens is 3. The van der Waals surface area contributed by atoms with E-state index < -0.39 is 0 Å². The molecular weight excluding hydrogens is 236 g/mol. The van der Waals surface area contributed by atoms with E-state index in [0.29, 0.717) is 6.54 Å². The van der Waals surface area contributed by atoms with Crippen molar-refractivity contribution in [2.75, 3.05) is 0 Å². The van der Waals surface area contributed by atoms with Gasteiger partial charge in [0.25, 0.3) is 0 Å². The van der Waals surface area contributed by atoms with Crippen LogP contribution in [0.2, 0.25) is 0 Å². The van der Waals surface area contributed by atoms with Crippen LogP contribution in [0.5, 0.6) is 0 Å². The van der Waals surface area contributed by atoms with E-state index in [4.69, 9.17) is 5.73 Å². The number of imidazole rings is 1. The smallest absolute Gasteiger partial charge is 0.0949 e. The quantitative estimate of drug-likeness (QED) is 0.749. The lowest BCUT2D eigenvalue weighted by molar-refractivity contribution is 0.787. The molecule has 1 aromatic carbocycles. The molecule has 0 atom stereocenters. The first-order valence-corrected chi connectivity index (χ1v) is 6.53. The number of hydrogen-bond acceptors (Lipinski definition) is 2. The molecule has 19 heavy (non-hydrogen) atoms. The molecule has 2 aromatic heterocycles. The average molecular weight is 254 g/mol. The summed E-state index contributed by atoms with van der Waals surface area (Å²) >= 11 is 0. The Bertz CT molecular complexity index is 693. The van der Waals surface area contributed by atoms with Gasteiger partial charge in [-0.25, -0.2) is 4.98 Å². The number of fused-ring (bicyclic) bond motifs is 1. The minimum atomic E-state index is 0.504. The molecule has 4 nitrogen and oxygen atoms in total. The second-order valence-electron chi connectivity index (χ2n) is 4.81. The third-order valence-electron chi connectivity index (χ3n) is 3.65. The van der Waals surface area contributed by atoms with Gasteiger partial charge in [-0.3, -0.25) is 0 Å². The molecule has 0 aliphatic carbocycles. The van der Waals surface area contributed by atoms with Gasteiger partial charge in [0.15, 0.2) is 0 Å². The molecular formula is C15H18N4. The zero-order chi connectivity index (χ0) is 13.2. The molecule has 0 spiro atoms. The van der Waals surface area contributed by atoms with E-state index in [2.05, 4.69) is 45.0 Å². The molecule has 3 rings (SSSR count). The number of rotatable bonds is 4. The molecule has 3 N–H and O–H groups in total. The van der Waals surface area contributed by atoms with E-state index in [1.54, 1.807) is 0 Å². The van der Waals surface area contributed by atoms with Gasteiger partial charge < -0.3 is 15.3 Å². The van der Waals surface area contributed by atoms with E-state index in [0.717, 1.165) is 18.5 Å². The Morgan fingerprint density at radius 3 is 2.95 bits per heavy atom. The Labute approximate surface area is 112 Å². The monoisotopic (exact) mass is 254 g/mol. The van der Waals surface area contributed by atoms with Gasteiger partial charge >= 0.3 is 0 Å². The van der Waals surface area contributed by atoms with Crippen LogP contribution in [0.4, 0.5) is 0 Å². The van der Waals surface area contributed by atoms with Crippen LogP contribution in [0.15, 0.2) is 36.8 Å². The topological polar surface area (TPSA) is 59.6 Å².